The van der Waals surface area contributed by atoms with E-state index in [0.717, 1.165) is 24.9 Å². The Bertz CT molecular complexity index is 783. The maximum Gasteiger partial charge on any atom is 0.276 e. The van der Waals surface area contributed by atoms with E-state index in [1.165, 1.54) is 5.56 Å². The van der Waals surface area contributed by atoms with Gasteiger partial charge in [-0.05, 0) is 43.0 Å². The van der Waals surface area contributed by atoms with E-state index in [2.05, 4.69) is 10.3 Å². The molecule has 0 saturated heterocycles. The molecule has 5 heteroatoms. The first-order valence-corrected chi connectivity index (χ1v) is 7.90. The fourth-order valence-corrected chi connectivity index (χ4v) is 2.85. The molecule has 2 aliphatic rings. The van der Waals surface area contributed by atoms with Crippen LogP contribution in [0.3, 0.4) is 0 Å². The van der Waals surface area contributed by atoms with Crippen molar-refractivity contribution >= 4 is 17.5 Å². The van der Waals surface area contributed by atoms with Crippen molar-refractivity contribution in [2.75, 3.05) is 11.4 Å². The number of anilines is 1. The Labute approximate surface area is 134 Å². The minimum absolute atomic E-state index is 0.156. The highest BCUT2D eigenvalue weighted by molar-refractivity contribution is 6.06. The van der Waals surface area contributed by atoms with Crippen molar-refractivity contribution in [1.29, 1.82) is 0 Å². The van der Waals surface area contributed by atoms with Crippen molar-refractivity contribution in [1.82, 2.24) is 10.3 Å². The molecule has 5 nitrogen and oxygen atoms in total. The fraction of sp³-hybridized carbons (Fsp3) is 0.278. The Morgan fingerprint density at radius 1 is 1.04 bits per heavy atom. The predicted octanol–water partition coefficient (Wildman–Crippen LogP) is 2.18. The van der Waals surface area contributed by atoms with Crippen LogP contribution in [0.5, 0.6) is 0 Å². The quantitative estimate of drug-likeness (QED) is 0.945. The van der Waals surface area contributed by atoms with E-state index in [4.69, 9.17) is 0 Å². The highest BCUT2D eigenvalue weighted by atomic mass is 16.2. The highest BCUT2D eigenvalue weighted by Gasteiger charge is 2.27. The SMILES string of the molecule is O=C(NC1CC1)c1cccc(C(=O)N2CCc3ccccc32)n1. The lowest BCUT2D eigenvalue weighted by Gasteiger charge is -2.17. The molecule has 1 N–H and O–H groups in total. The maximum atomic E-state index is 12.8. The third-order valence-electron chi connectivity index (χ3n) is 4.25. The molecule has 0 unspecified atom stereocenters. The molecule has 1 fully saturated rings. The van der Waals surface area contributed by atoms with Crippen LogP contribution in [0.25, 0.3) is 0 Å². The summed E-state index contributed by atoms with van der Waals surface area (Å²) in [5, 5.41) is 2.90. The third-order valence-corrected chi connectivity index (χ3v) is 4.25. The average Bonchev–Trinajstić information content (AvgIpc) is 3.30. The molecule has 1 saturated carbocycles. The lowest BCUT2D eigenvalue weighted by Crippen LogP contribution is -2.31. The minimum atomic E-state index is -0.205. The number of nitrogens with one attached hydrogen (secondary N) is 1. The van der Waals surface area contributed by atoms with Crippen LogP contribution in [-0.2, 0) is 6.42 Å². The number of carbonyl (C=O) groups excluding carboxylic acids is 2. The number of carbonyl (C=O) groups is 2. The van der Waals surface area contributed by atoms with Crippen molar-refractivity contribution in [3.05, 3.63) is 59.4 Å². The first kappa shape index (κ1) is 13.9. The number of benzene rings is 1. The van der Waals surface area contributed by atoms with Gasteiger partial charge in [0.25, 0.3) is 11.8 Å². The predicted molar refractivity (Wildman–Crippen MR) is 86.5 cm³/mol. The van der Waals surface area contributed by atoms with E-state index in [1.807, 2.05) is 24.3 Å². The van der Waals surface area contributed by atoms with Crippen LogP contribution in [0.4, 0.5) is 5.69 Å². The molecule has 23 heavy (non-hydrogen) atoms. The van der Waals surface area contributed by atoms with Gasteiger partial charge in [0.1, 0.15) is 11.4 Å². The molecular formula is C18H17N3O2. The lowest BCUT2D eigenvalue weighted by molar-refractivity contribution is 0.0945. The Balaban J connectivity index is 1.58. The molecule has 4 rings (SSSR count). The zero-order valence-corrected chi connectivity index (χ0v) is 12.7. The fourth-order valence-electron chi connectivity index (χ4n) is 2.85. The van der Waals surface area contributed by atoms with Gasteiger partial charge in [-0.25, -0.2) is 4.98 Å². The monoisotopic (exact) mass is 307 g/mol. The van der Waals surface area contributed by atoms with Crippen molar-refractivity contribution in [2.24, 2.45) is 0 Å². The molecule has 1 aliphatic carbocycles. The van der Waals surface area contributed by atoms with Crippen LogP contribution in [0.15, 0.2) is 42.5 Å². The number of hydrogen-bond donors (Lipinski definition) is 1. The van der Waals surface area contributed by atoms with Crippen molar-refractivity contribution in [3.63, 3.8) is 0 Å². The molecule has 2 heterocycles. The Morgan fingerprint density at radius 2 is 1.83 bits per heavy atom. The summed E-state index contributed by atoms with van der Waals surface area (Å²) in [6, 6.07) is 13.2. The molecule has 0 bridgehead atoms. The van der Waals surface area contributed by atoms with Gasteiger partial charge in [0, 0.05) is 18.3 Å². The van der Waals surface area contributed by atoms with Crippen molar-refractivity contribution in [3.8, 4) is 0 Å². The van der Waals surface area contributed by atoms with Crippen LogP contribution in [-0.4, -0.2) is 29.4 Å². The zero-order chi connectivity index (χ0) is 15.8. The molecule has 0 atom stereocenters. The molecule has 2 amide bonds. The zero-order valence-electron chi connectivity index (χ0n) is 12.7. The normalized spacial score (nSPS) is 16.1. The molecule has 0 radical (unpaired) electrons. The van der Waals surface area contributed by atoms with Crippen LogP contribution in [0, 0.1) is 0 Å². The molecule has 0 spiro atoms. The lowest BCUT2D eigenvalue weighted by atomic mass is 10.2. The molecule has 2 aromatic rings. The van der Waals surface area contributed by atoms with Gasteiger partial charge in [0.15, 0.2) is 0 Å². The Hall–Kier alpha value is -2.69. The number of nitrogens with zero attached hydrogens (tertiary/aromatic N) is 2. The first-order valence-electron chi connectivity index (χ1n) is 7.90. The van der Waals surface area contributed by atoms with Gasteiger partial charge in [-0.1, -0.05) is 24.3 Å². The van der Waals surface area contributed by atoms with E-state index in [-0.39, 0.29) is 17.9 Å². The molecule has 1 aromatic carbocycles. The second-order valence-corrected chi connectivity index (χ2v) is 5.99. The summed E-state index contributed by atoms with van der Waals surface area (Å²) in [5.41, 5.74) is 2.72. The van der Waals surface area contributed by atoms with Crippen LogP contribution in [0.2, 0.25) is 0 Å². The van der Waals surface area contributed by atoms with E-state index in [9.17, 15) is 9.59 Å². The van der Waals surface area contributed by atoms with Gasteiger partial charge < -0.3 is 10.2 Å². The van der Waals surface area contributed by atoms with Gasteiger partial charge in [0.2, 0.25) is 0 Å². The summed E-state index contributed by atoms with van der Waals surface area (Å²) in [4.78, 5) is 30.8. The summed E-state index contributed by atoms with van der Waals surface area (Å²) >= 11 is 0. The highest BCUT2D eigenvalue weighted by Crippen LogP contribution is 2.28. The minimum Gasteiger partial charge on any atom is -0.348 e. The topological polar surface area (TPSA) is 62.3 Å². The summed E-state index contributed by atoms with van der Waals surface area (Å²) in [5.74, 6) is -0.361. The van der Waals surface area contributed by atoms with E-state index in [0.29, 0.717) is 17.9 Å². The third kappa shape index (κ3) is 2.70. The van der Waals surface area contributed by atoms with Gasteiger partial charge >= 0.3 is 0 Å². The largest absolute Gasteiger partial charge is 0.348 e. The van der Waals surface area contributed by atoms with Gasteiger partial charge in [0.05, 0.1) is 0 Å². The number of pyridine rings is 1. The number of fused-ring (bicyclic) bond motifs is 1. The molecule has 1 aromatic heterocycles. The molecule has 116 valence electrons. The summed E-state index contributed by atoms with van der Waals surface area (Å²) in [6.07, 6.45) is 2.90. The Kier molecular flexibility index (Phi) is 3.33. The summed E-state index contributed by atoms with van der Waals surface area (Å²) in [6.45, 7) is 0.651. The number of hydrogen-bond acceptors (Lipinski definition) is 3. The molecular weight excluding hydrogens is 290 g/mol. The van der Waals surface area contributed by atoms with Gasteiger partial charge in [-0.15, -0.1) is 0 Å². The summed E-state index contributed by atoms with van der Waals surface area (Å²) < 4.78 is 0. The van der Waals surface area contributed by atoms with E-state index >= 15 is 0 Å². The molecule has 1 aliphatic heterocycles. The Morgan fingerprint density at radius 3 is 2.65 bits per heavy atom. The van der Waals surface area contributed by atoms with Crippen LogP contribution >= 0.6 is 0 Å². The van der Waals surface area contributed by atoms with Crippen LogP contribution < -0.4 is 10.2 Å². The maximum absolute atomic E-state index is 12.8. The van der Waals surface area contributed by atoms with E-state index in [1.54, 1.807) is 23.1 Å². The number of amides is 2. The smallest absolute Gasteiger partial charge is 0.276 e. The van der Waals surface area contributed by atoms with Crippen LogP contribution in [0.1, 0.15) is 39.4 Å². The second-order valence-electron chi connectivity index (χ2n) is 5.99. The van der Waals surface area contributed by atoms with Crippen molar-refractivity contribution < 1.29 is 9.59 Å². The average molecular weight is 307 g/mol. The number of aromatic nitrogens is 1. The second kappa shape index (κ2) is 5.50. The number of para-hydroxylation sites is 1. The van der Waals surface area contributed by atoms with Crippen molar-refractivity contribution in [2.45, 2.75) is 25.3 Å². The standard InChI is InChI=1S/C18H17N3O2/c22-17(19-13-8-9-13)14-5-3-6-15(20-14)18(23)21-11-10-12-4-1-2-7-16(12)21/h1-7,13H,8-11H2,(H,19,22). The van der Waals surface area contributed by atoms with E-state index < -0.39 is 0 Å². The number of rotatable bonds is 3. The summed E-state index contributed by atoms with van der Waals surface area (Å²) in [7, 11) is 0. The first-order chi connectivity index (χ1) is 11.2. The van der Waals surface area contributed by atoms with Gasteiger partial charge in [-0.2, -0.15) is 0 Å². The van der Waals surface area contributed by atoms with Gasteiger partial charge in [-0.3, -0.25) is 9.59 Å².